The molecule has 1 heterocycles. The van der Waals surface area contributed by atoms with Crippen molar-refractivity contribution >= 4 is 12.0 Å². The molecule has 0 aromatic heterocycles. The largest absolute Gasteiger partial charge is 0.445 e. The van der Waals surface area contributed by atoms with Crippen LogP contribution in [0.3, 0.4) is 0 Å². The van der Waals surface area contributed by atoms with Crippen LogP contribution in [0.2, 0.25) is 0 Å². The summed E-state index contributed by atoms with van der Waals surface area (Å²) >= 11 is 0. The highest BCUT2D eigenvalue weighted by Gasteiger charge is 2.33. The summed E-state index contributed by atoms with van der Waals surface area (Å²) in [4.78, 5) is 27.8. The fraction of sp³-hybridized carbons (Fsp3) is 0.556. The number of nitrogens with two attached hydrogens (primary N) is 1. The third-order valence-electron chi connectivity index (χ3n) is 4.53. The maximum Gasteiger partial charge on any atom is 0.410 e. The van der Waals surface area contributed by atoms with E-state index in [-0.39, 0.29) is 30.6 Å². The average Bonchev–Trinajstić information content (AvgIpc) is 3.08. The maximum absolute atomic E-state index is 12.3. The summed E-state index contributed by atoms with van der Waals surface area (Å²) in [5.41, 5.74) is 6.89. The lowest BCUT2D eigenvalue weighted by Gasteiger charge is -2.28. The van der Waals surface area contributed by atoms with Gasteiger partial charge in [0.2, 0.25) is 5.91 Å². The number of hydrogen-bond acceptors (Lipinski definition) is 4. The van der Waals surface area contributed by atoms with Crippen molar-refractivity contribution < 1.29 is 14.3 Å². The zero-order valence-corrected chi connectivity index (χ0v) is 14.6. The lowest BCUT2D eigenvalue weighted by molar-refractivity contribution is -0.134. The first-order valence-electron chi connectivity index (χ1n) is 8.38. The Hall–Kier alpha value is -2.08. The molecule has 0 saturated carbocycles. The van der Waals surface area contributed by atoms with Crippen molar-refractivity contribution in [1.82, 2.24) is 9.80 Å². The van der Waals surface area contributed by atoms with Gasteiger partial charge in [0.1, 0.15) is 6.61 Å². The van der Waals surface area contributed by atoms with Gasteiger partial charge in [0.15, 0.2) is 0 Å². The minimum Gasteiger partial charge on any atom is -0.445 e. The van der Waals surface area contributed by atoms with Crippen molar-refractivity contribution in [2.45, 2.75) is 39.0 Å². The molecule has 2 N–H and O–H groups in total. The molecule has 2 rings (SSSR count). The highest BCUT2D eigenvalue weighted by atomic mass is 16.6. The molecule has 0 spiro atoms. The van der Waals surface area contributed by atoms with Gasteiger partial charge in [-0.15, -0.1) is 0 Å². The zero-order chi connectivity index (χ0) is 17.7. The second-order valence-electron chi connectivity index (χ2n) is 6.65. The third kappa shape index (κ3) is 4.47. The van der Waals surface area contributed by atoms with E-state index in [0.29, 0.717) is 13.1 Å². The molecular weight excluding hydrogens is 306 g/mol. The maximum atomic E-state index is 12.3. The third-order valence-corrected chi connectivity index (χ3v) is 4.53. The molecule has 1 fully saturated rings. The Bertz CT molecular complexity index is 562. The highest BCUT2D eigenvalue weighted by Crippen LogP contribution is 2.17. The molecule has 1 aliphatic rings. The van der Waals surface area contributed by atoms with Crippen LogP contribution in [0.25, 0.3) is 0 Å². The first-order valence-corrected chi connectivity index (χ1v) is 8.38. The van der Waals surface area contributed by atoms with Gasteiger partial charge in [0.05, 0.1) is 12.1 Å². The Balaban J connectivity index is 1.83. The molecule has 0 radical (unpaired) electrons. The molecule has 1 aromatic carbocycles. The topological polar surface area (TPSA) is 75.9 Å². The van der Waals surface area contributed by atoms with E-state index in [1.807, 2.05) is 44.2 Å². The summed E-state index contributed by atoms with van der Waals surface area (Å²) in [6, 6.07) is 9.06. The lowest BCUT2D eigenvalue weighted by atomic mass is 10.0. The van der Waals surface area contributed by atoms with Crippen LogP contribution >= 0.6 is 0 Å². The van der Waals surface area contributed by atoms with Crippen molar-refractivity contribution in [3.8, 4) is 0 Å². The predicted molar refractivity (Wildman–Crippen MR) is 92.2 cm³/mol. The smallest absolute Gasteiger partial charge is 0.410 e. The molecule has 2 atom stereocenters. The number of benzene rings is 1. The number of ether oxygens (including phenoxy) is 1. The van der Waals surface area contributed by atoms with E-state index in [9.17, 15) is 9.59 Å². The van der Waals surface area contributed by atoms with E-state index >= 15 is 0 Å². The average molecular weight is 333 g/mol. The quantitative estimate of drug-likeness (QED) is 0.892. The van der Waals surface area contributed by atoms with E-state index in [0.717, 1.165) is 12.0 Å². The molecule has 6 nitrogen and oxygen atoms in total. The Kier molecular flexibility index (Phi) is 6.20. The zero-order valence-electron chi connectivity index (χ0n) is 14.6. The van der Waals surface area contributed by atoms with Crippen LogP contribution < -0.4 is 5.73 Å². The lowest BCUT2D eigenvalue weighted by Crippen LogP contribution is -2.49. The fourth-order valence-corrected chi connectivity index (χ4v) is 2.73. The van der Waals surface area contributed by atoms with E-state index in [1.165, 1.54) is 0 Å². The summed E-state index contributed by atoms with van der Waals surface area (Å²) in [5, 5.41) is 0. The van der Waals surface area contributed by atoms with Crippen LogP contribution in [-0.2, 0) is 16.1 Å². The van der Waals surface area contributed by atoms with Crippen molar-refractivity contribution in [2.75, 3.05) is 20.1 Å². The minimum atomic E-state index is -0.505. The number of hydrogen-bond donors (Lipinski definition) is 1. The molecular formula is C18H27N3O3. The Morgan fingerprint density at radius 2 is 2.00 bits per heavy atom. The number of rotatable bonds is 5. The number of likely N-dealkylation sites (tertiary alicyclic amines) is 1. The van der Waals surface area contributed by atoms with Crippen LogP contribution in [-0.4, -0.2) is 54.0 Å². The van der Waals surface area contributed by atoms with Gasteiger partial charge in [-0.25, -0.2) is 4.79 Å². The standard InChI is InChI=1S/C18H27N3O3/c1-13(2)16(19)17(22)20(3)15-9-10-21(11-15)18(23)24-12-14-7-5-4-6-8-14/h4-8,13,15-16H,9-12,19H2,1-3H3/t15-,16+/m1/s1. The van der Waals surface area contributed by atoms with Gasteiger partial charge in [0, 0.05) is 20.1 Å². The molecule has 1 aliphatic heterocycles. The molecule has 0 unspecified atom stereocenters. The van der Waals surface area contributed by atoms with Gasteiger partial charge in [-0.2, -0.15) is 0 Å². The minimum absolute atomic E-state index is 0.00780. The summed E-state index contributed by atoms with van der Waals surface area (Å²) in [6.45, 7) is 5.19. The van der Waals surface area contributed by atoms with Crippen LogP contribution in [0, 0.1) is 5.92 Å². The number of amides is 2. The van der Waals surface area contributed by atoms with Gasteiger partial charge < -0.3 is 20.3 Å². The molecule has 1 saturated heterocycles. The van der Waals surface area contributed by atoms with Crippen molar-refractivity contribution in [3.05, 3.63) is 35.9 Å². The number of nitrogens with zero attached hydrogens (tertiary/aromatic N) is 2. The van der Waals surface area contributed by atoms with E-state index in [4.69, 9.17) is 10.5 Å². The first-order chi connectivity index (χ1) is 11.4. The molecule has 24 heavy (non-hydrogen) atoms. The van der Waals surface area contributed by atoms with E-state index in [2.05, 4.69) is 0 Å². The molecule has 6 heteroatoms. The van der Waals surface area contributed by atoms with Crippen molar-refractivity contribution in [2.24, 2.45) is 11.7 Å². The van der Waals surface area contributed by atoms with Crippen molar-refractivity contribution in [3.63, 3.8) is 0 Å². The normalized spacial score (nSPS) is 18.5. The number of carbonyl (C=O) groups is 2. The van der Waals surface area contributed by atoms with E-state index < -0.39 is 6.04 Å². The molecule has 2 amide bonds. The van der Waals surface area contributed by atoms with Crippen LogP contribution in [0.1, 0.15) is 25.8 Å². The predicted octanol–water partition coefficient (Wildman–Crippen LogP) is 1.84. The van der Waals surface area contributed by atoms with E-state index in [1.54, 1.807) is 16.8 Å². The molecule has 1 aromatic rings. The number of carbonyl (C=O) groups excluding carboxylic acids is 2. The van der Waals surface area contributed by atoms with Gasteiger partial charge in [-0.05, 0) is 17.9 Å². The summed E-state index contributed by atoms with van der Waals surface area (Å²) in [7, 11) is 1.76. The molecule has 132 valence electrons. The van der Waals surface area contributed by atoms with Crippen LogP contribution in [0.4, 0.5) is 4.79 Å². The Labute approximate surface area is 143 Å². The summed E-state index contributed by atoms with van der Waals surface area (Å²) in [5.74, 6) is 0.0165. The second kappa shape index (κ2) is 8.15. The van der Waals surface area contributed by atoms with Crippen molar-refractivity contribution in [1.29, 1.82) is 0 Å². The highest BCUT2D eigenvalue weighted by molar-refractivity contribution is 5.82. The van der Waals surface area contributed by atoms with Gasteiger partial charge in [-0.3, -0.25) is 4.79 Å². The second-order valence-corrected chi connectivity index (χ2v) is 6.65. The molecule has 0 bridgehead atoms. The summed E-state index contributed by atoms with van der Waals surface area (Å²) in [6.07, 6.45) is 0.406. The summed E-state index contributed by atoms with van der Waals surface area (Å²) < 4.78 is 5.35. The van der Waals surface area contributed by atoms with Gasteiger partial charge in [0.25, 0.3) is 0 Å². The fourth-order valence-electron chi connectivity index (χ4n) is 2.73. The van der Waals surface area contributed by atoms with Crippen LogP contribution in [0.15, 0.2) is 30.3 Å². The Morgan fingerprint density at radius 1 is 1.33 bits per heavy atom. The Morgan fingerprint density at radius 3 is 2.62 bits per heavy atom. The number of likely N-dealkylation sites (N-methyl/N-ethyl adjacent to an activating group) is 1. The van der Waals surface area contributed by atoms with Gasteiger partial charge in [-0.1, -0.05) is 44.2 Å². The SMILES string of the molecule is CC(C)[C@H](N)C(=O)N(C)[C@@H]1CCN(C(=O)OCc2ccccc2)C1. The molecule has 0 aliphatic carbocycles. The monoisotopic (exact) mass is 333 g/mol. The van der Waals surface area contributed by atoms with Crippen LogP contribution in [0.5, 0.6) is 0 Å². The first kappa shape index (κ1) is 18.3. The van der Waals surface area contributed by atoms with Gasteiger partial charge >= 0.3 is 6.09 Å².